The zero-order valence-electron chi connectivity index (χ0n) is 19.5. The molecule has 0 bridgehead atoms. The summed E-state index contributed by atoms with van der Waals surface area (Å²) in [6, 6.07) is 10.6. The van der Waals surface area contributed by atoms with Crippen molar-refractivity contribution in [3.63, 3.8) is 0 Å². The Morgan fingerprint density at radius 2 is 2.03 bits per heavy atom. The molecule has 1 aliphatic carbocycles. The van der Waals surface area contributed by atoms with Gasteiger partial charge in [-0.25, -0.2) is 9.78 Å². The first-order chi connectivity index (χ1) is 16.8. The fourth-order valence-corrected chi connectivity index (χ4v) is 4.05. The molecule has 3 aromatic rings. The number of hydrogen-bond donors (Lipinski definition) is 3. The van der Waals surface area contributed by atoms with Crippen LogP contribution in [-0.4, -0.2) is 33.9 Å². The van der Waals surface area contributed by atoms with Gasteiger partial charge in [0.05, 0.1) is 5.92 Å². The number of rotatable bonds is 10. The fraction of sp³-hybridized carbons (Fsp3) is 0.360. The van der Waals surface area contributed by atoms with Crippen LogP contribution in [0.3, 0.4) is 0 Å². The van der Waals surface area contributed by atoms with E-state index in [1.54, 1.807) is 50.4 Å². The molecule has 0 aliphatic heterocycles. The summed E-state index contributed by atoms with van der Waals surface area (Å²) in [5, 5.41) is 19.7. The maximum atomic E-state index is 12.6. The standard InChI is InChI=1S/C25H27ClN4O5/c1-14-22(29-25(33)34-15(2)19-5-3-4-6-20(19)26)23(35-30-14)17-9-10-21(27-12-17)28-13-18(24(31)32)11-16-7-8-16/h3-6,9-10,12,15-16,18H,7-8,11,13H2,1-2H3,(H,27,28)(H,29,33)(H,31,32). The van der Waals surface area contributed by atoms with Gasteiger partial charge in [-0.1, -0.05) is 47.8 Å². The number of nitrogens with zero attached hydrogens (tertiary/aromatic N) is 2. The highest BCUT2D eigenvalue weighted by molar-refractivity contribution is 6.31. The number of pyridine rings is 1. The number of carboxylic acids is 1. The zero-order valence-corrected chi connectivity index (χ0v) is 20.2. The van der Waals surface area contributed by atoms with Crippen LogP contribution in [0, 0.1) is 18.8 Å². The second-order valence-electron chi connectivity index (χ2n) is 8.69. The van der Waals surface area contributed by atoms with E-state index in [4.69, 9.17) is 20.9 Å². The minimum atomic E-state index is -0.801. The van der Waals surface area contributed by atoms with E-state index in [9.17, 15) is 14.7 Å². The number of amides is 1. The van der Waals surface area contributed by atoms with E-state index in [0.717, 1.165) is 12.8 Å². The number of aromatic nitrogens is 2. The number of carbonyl (C=O) groups excluding carboxylic acids is 1. The molecule has 0 spiro atoms. The predicted octanol–water partition coefficient (Wildman–Crippen LogP) is 5.92. The van der Waals surface area contributed by atoms with Gasteiger partial charge < -0.3 is 19.7 Å². The second-order valence-corrected chi connectivity index (χ2v) is 9.10. The molecule has 2 atom stereocenters. The molecule has 4 rings (SSSR count). The number of anilines is 2. The highest BCUT2D eigenvalue weighted by Crippen LogP contribution is 2.36. The molecule has 1 aromatic carbocycles. The number of ether oxygens (including phenoxy) is 1. The van der Waals surface area contributed by atoms with Crippen molar-refractivity contribution in [2.45, 2.75) is 39.2 Å². The highest BCUT2D eigenvalue weighted by atomic mass is 35.5. The van der Waals surface area contributed by atoms with E-state index in [1.807, 2.05) is 6.07 Å². The van der Waals surface area contributed by atoms with Gasteiger partial charge in [0.15, 0.2) is 5.76 Å². The Morgan fingerprint density at radius 1 is 1.26 bits per heavy atom. The lowest BCUT2D eigenvalue weighted by molar-refractivity contribution is -0.141. The van der Waals surface area contributed by atoms with Gasteiger partial charge in [0.2, 0.25) is 0 Å². The lowest BCUT2D eigenvalue weighted by Gasteiger charge is -2.15. The molecule has 2 heterocycles. The van der Waals surface area contributed by atoms with E-state index in [0.29, 0.717) is 58.0 Å². The summed E-state index contributed by atoms with van der Waals surface area (Å²) >= 11 is 6.19. The van der Waals surface area contributed by atoms with Crippen molar-refractivity contribution in [1.82, 2.24) is 10.1 Å². The van der Waals surface area contributed by atoms with Crippen molar-refractivity contribution in [2.24, 2.45) is 11.8 Å². The molecule has 1 aliphatic rings. The summed E-state index contributed by atoms with van der Waals surface area (Å²) in [6.07, 6.45) is 3.23. The molecule has 35 heavy (non-hydrogen) atoms. The Balaban J connectivity index is 1.39. The summed E-state index contributed by atoms with van der Waals surface area (Å²) in [7, 11) is 0. The number of hydrogen-bond acceptors (Lipinski definition) is 7. The van der Waals surface area contributed by atoms with E-state index in [-0.39, 0.29) is 0 Å². The van der Waals surface area contributed by atoms with Crippen LogP contribution >= 0.6 is 11.6 Å². The van der Waals surface area contributed by atoms with Crippen LogP contribution in [0.15, 0.2) is 47.1 Å². The van der Waals surface area contributed by atoms with E-state index < -0.39 is 24.1 Å². The van der Waals surface area contributed by atoms with Gasteiger partial charge in [-0.3, -0.25) is 10.1 Å². The molecular formula is C25H27ClN4O5. The van der Waals surface area contributed by atoms with E-state index >= 15 is 0 Å². The first kappa shape index (κ1) is 24.5. The van der Waals surface area contributed by atoms with Crippen LogP contribution in [-0.2, 0) is 9.53 Å². The van der Waals surface area contributed by atoms with E-state index in [1.165, 1.54) is 0 Å². The van der Waals surface area contributed by atoms with Gasteiger partial charge in [-0.15, -0.1) is 0 Å². The number of benzene rings is 1. The van der Waals surface area contributed by atoms with Crippen molar-refractivity contribution in [1.29, 1.82) is 0 Å². The molecule has 0 saturated heterocycles. The van der Waals surface area contributed by atoms with Crippen molar-refractivity contribution >= 4 is 35.2 Å². The number of halogens is 1. The first-order valence-corrected chi connectivity index (χ1v) is 11.8. The number of carbonyl (C=O) groups is 2. The van der Waals surface area contributed by atoms with Crippen molar-refractivity contribution in [3.8, 4) is 11.3 Å². The van der Waals surface area contributed by atoms with Crippen LogP contribution in [0.2, 0.25) is 5.02 Å². The average Bonchev–Trinajstić information content (AvgIpc) is 3.59. The topological polar surface area (TPSA) is 127 Å². The molecule has 3 N–H and O–H groups in total. The zero-order chi connectivity index (χ0) is 24.9. The lowest BCUT2D eigenvalue weighted by atomic mass is 10.0. The van der Waals surface area contributed by atoms with Crippen LogP contribution < -0.4 is 10.6 Å². The van der Waals surface area contributed by atoms with Gasteiger partial charge in [-0.05, 0) is 44.4 Å². The molecular weight excluding hydrogens is 472 g/mol. The van der Waals surface area contributed by atoms with Gasteiger partial charge in [0, 0.05) is 28.9 Å². The SMILES string of the molecule is Cc1noc(-c2ccc(NCC(CC3CC3)C(=O)O)nc2)c1NC(=O)OC(C)c1ccccc1Cl. The predicted molar refractivity (Wildman–Crippen MR) is 131 cm³/mol. The average molecular weight is 499 g/mol. The maximum absolute atomic E-state index is 12.6. The van der Waals surface area contributed by atoms with Gasteiger partial charge >= 0.3 is 12.1 Å². The third-order valence-corrected chi connectivity index (χ3v) is 6.28. The summed E-state index contributed by atoms with van der Waals surface area (Å²) in [5.74, 6) is 0.157. The Hall–Kier alpha value is -3.59. The molecule has 9 nitrogen and oxygen atoms in total. The number of carboxylic acid groups (broad SMARTS) is 1. The Bertz CT molecular complexity index is 1190. The summed E-state index contributed by atoms with van der Waals surface area (Å²) < 4.78 is 10.9. The monoisotopic (exact) mass is 498 g/mol. The van der Waals surface area contributed by atoms with Crippen LogP contribution in [0.1, 0.15) is 43.5 Å². The quantitative estimate of drug-likeness (QED) is 0.314. The van der Waals surface area contributed by atoms with Gasteiger partial charge in [0.1, 0.15) is 23.3 Å². The van der Waals surface area contributed by atoms with Crippen LogP contribution in [0.4, 0.5) is 16.3 Å². The van der Waals surface area contributed by atoms with E-state index in [2.05, 4.69) is 20.8 Å². The number of aryl methyl sites for hydroxylation is 1. The van der Waals surface area contributed by atoms with Crippen molar-refractivity contribution in [3.05, 3.63) is 58.9 Å². The highest BCUT2D eigenvalue weighted by Gasteiger charge is 2.29. The molecule has 2 aromatic heterocycles. The first-order valence-electron chi connectivity index (χ1n) is 11.4. The molecule has 1 amide bonds. The van der Waals surface area contributed by atoms with Gasteiger partial charge in [0.25, 0.3) is 0 Å². The number of nitrogens with one attached hydrogen (secondary N) is 2. The Kier molecular flexibility index (Phi) is 7.55. The minimum absolute atomic E-state index is 0.307. The Morgan fingerprint density at radius 3 is 2.69 bits per heavy atom. The molecule has 10 heteroatoms. The molecule has 1 fully saturated rings. The minimum Gasteiger partial charge on any atom is -0.481 e. The Labute approximate surface area is 207 Å². The van der Waals surface area contributed by atoms with Crippen LogP contribution in [0.25, 0.3) is 11.3 Å². The fourth-order valence-electron chi connectivity index (χ4n) is 3.76. The molecule has 1 saturated carbocycles. The van der Waals surface area contributed by atoms with Crippen molar-refractivity contribution in [2.75, 3.05) is 17.2 Å². The largest absolute Gasteiger partial charge is 0.481 e. The number of aliphatic carboxylic acids is 1. The smallest absolute Gasteiger partial charge is 0.412 e. The summed E-state index contributed by atoms with van der Waals surface area (Å²) in [4.78, 5) is 28.4. The lowest BCUT2D eigenvalue weighted by Crippen LogP contribution is -2.23. The van der Waals surface area contributed by atoms with Gasteiger partial charge in [-0.2, -0.15) is 0 Å². The molecule has 0 radical (unpaired) electrons. The normalized spacial score (nSPS) is 14.7. The molecule has 2 unspecified atom stereocenters. The maximum Gasteiger partial charge on any atom is 0.412 e. The molecule has 184 valence electrons. The third kappa shape index (κ3) is 6.30. The summed E-state index contributed by atoms with van der Waals surface area (Å²) in [5.41, 5.74) is 2.15. The summed E-state index contributed by atoms with van der Waals surface area (Å²) in [6.45, 7) is 3.74. The van der Waals surface area contributed by atoms with Crippen molar-refractivity contribution < 1.29 is 24.0 Å². The third-order valence-electron chi connectivity index (χ3n) is 5.94. The van der Waals surface area contributed by atoms with Crippen LogP contribution in [0.5, 0.6) is 0 Å². The second kappa shape index (κ2) is 10.8.